The van der Waals surface area contributed by atoms with Gasteiger partial charge >= 0.3 is 5.97 Å². The molecule has 0 saturated heterocycles. The number of anilines is 1. The van der Waals surface area contributed by atoms with E-state index in [0.717, 1.165) is 4.31 Å². The van der Waals surface area contributed by atoms with Crippen molar-refractivity contribution in [2.75, 3.05) is 32.6 Å². The zero-order valence-electron chi connectivity index (χ0n) is 16.8. The number of nitrogens with zero attached hydrogens (tertiary/aromatic N) is 4. The Balaban J connectivity index is 1.80. The standard InChI is InChI=1S/C19H21N5O6S/c1-24(2)31(27,28)14-5-6-16(21-8-9-25)15(10-14)19(26)29-12-17-22-18(23-30-17)13-4-3-7-20-11-13/h3-7,10-11,21,25H,8-9,12H2,1-2H3. The van der Waals surface area contributed by atoms with Gasteiger partial charge in [0.25, 0.3) is 5.89 Å². The average Bonchev–Trinajstić information content (AvgIpc) is 3.25. The van der Waals surface area contributed by atoms with Crippen molar-refractivity contribution in [2.24, 2.45) is 0 Å². The number of ether oxygens (including phenoxy) is 1. The molecule has 0 unspecified atom stereocenters. The van der Waals surface area contributed by atoms with Crippen molar-refractivity contribution >= 4 is 21.7 Å². The number of pyridine rings is 1. The summed E-state index contributed by atoms with van der Waals surface area (Å²) in [7, 11) is -0.984. The molecular weight excluding hydrogens is 426 g/mol. The van der Waals surface area contributed by atoms with Crippen LogP contribution in [-0.2, 0) is 21.4 Å². The summed E-state index contributed by atoms with van der Waals surface area (Å²) in [5, 5.41) is 15.7. The third kappa shape index (κ3) is 5.23. The van der Waals surface area contributed by atoms with Crippen LogP contribution < -0.4 is 5.32 Å². The number of hydrogen-bond acceptors (Lipinski definition) is 10. The molecule has 3 aromatic rings. The Morgan fingerprint density at radius 1 is 1.29 bits per heavy atom. The van der Waals surface area contributed by atoms with Gasteiger partial charge in [0.15, 0.2) is 6.61 Å². The first kappa shape index (κ1) is 22.3. The highest BCUT2D eigenvalue weighted by atomic mass is 32.2. The number of benzene rings is 1. The van der Waals surface area contributed by atoms with Gasteiger partial charge in [-0.3, -0.25) is 4.98 Å². The average molecular weight is 447 g/mol. The molecule has 0 amide bonds. The molecule has 12 heteroatoms. The van der Waals surface area contributed by atoms with E-state index in [9.17, 15) is 13.2 Å². The van der Waals surface area contributed by atoms with Crippen molar-refractivity contribution in [3.8, 4) is 11.4 Å². The second-order valence-corrected chi connectivity index (χ2v) is 8.63. The number of carbonyl (C=O) groups is 1. The highest BCUT2D eigenvalue weighted by Crippen LogP contribution is 2.23. The van der Waals surface area contributed by atoms with Gasteiger partial charge in [-0.2, -0.15) is 4.98 Å². The van der Waals surface area contributed by atoms with Crippen LogP contribution in [0.4, 0.5) is 5.69 Å². The molecule has 0 spiro atoms. The Morgan fingerprint density at radius 3 is 2.77 bits per heavy atom. The molecule has 0 saturated carbocycles. The number of aromatic nitrogens is 3. The lowest BCUT2D eigenvalue weighted by Gasteiger charge is -2.15. The summed E-state index contributed by atoms with van der Waals surface area (Å²) < 4.78 is 36.2. The van der Waals surface area contributed by atoms with E-state index >= 15 is 0 Å². The molecule has 31 heavy (non-hydrogen) atoms. The summed E-state index contributed by atoms with van der Waals surface area (Å²) in [5.41, 5.74) is 0.947. The van der Waals surface area contributed by atoms with Crippen molar-refractivity contribution in [3.63, 3.8) is 0 Å². The number of aliphatic hydroxyl groups excluding tert-OH is 1. The van der Waals surface area contributed by atoms with Crippen LogP contribution in [0.2, 0.25) is 0 Å². The van der Waals surface area contributed by atoms with E-state index in [0.29, 0.717) is 17.1 Å². The number of carbonyl (C=O) groups excluding carboxylic acids is 1. The topological polar surface area (TPSA) is 148 Å². The summed E-state index contributed by atoms with van der Waals surface area (Å²) in [4.78, 5) is 20.7. The lowest BCUT2D eigenvalue weighted by Crippen LogP contribution is -2.23. The number of sulfonamides is 1. The van der Waals surface area contributed by atoms with Gasteiger partial charge in [-0.05, 0) is 30.3 Å². The van der Waals surface area contributed by atoms with Crippen LogP contribution in [0, 0.1) is 0 Å². The van der Waals surface area contributed by atoms with Gasteiger partial charge in [-0.25, -0.2) is 17.5 Å². The zero-order chi connectivity index (χ0) is 22.4. The van der Waals surface area contributed by atoms with Crippen molar-refractivity contribution in [3.05, 3.63) is 54.2 Å². The van der Waals surface area contributed by atoms with Crippen LogP contribution in [0.25, 0.3) is 11.4 Å². The molecule has 3 rings (SSSR count). The van der Waals surface area contributed by atoms with E-state index in [1.54, 1.807) is 24.5 Å². The molecule has 11 nitrogen and oxygen atoms in total. The Labute approximate surface area is 178 Å². The van der Waals surface area contributed by atoms with E-state index in [1.807, 2.05) is 0 Å². The van der Waals surface area contributed by atoms with Crippen LogP contribution in [0.1, 0.15) is 16.2 Å². The molecule has 0 aliphatic rings. The monoisotopic (exact) mass is 447 g/mol. The molecule has 0 aliphatic carbocycles. The number of nitrogens with one attached hydrogen (secondary N) is 1. The van der Waals surface area contributed by atoms with Gasteiger partial charge in [0.05, 0.1) is 17.1 Å². The third-order valence-electron chi connectivity index (χ3n) is 4.13. The summed E-state index contributed by atoms with van der Waals surface area (Å²) in [6.45, 7) is -0.320. The number of aliphatic hydroxyl groups is 1. The normalized spacial score (nSPS) is 11.5. The highest BCUT2D eigenvalue weighted by Gasteiger charge is 2.22. The lowest BCUT2D eigenvalue weighted by molar-refractivity contribution is 0.0430. The molecule has 2 N–H and O–H groups in total. The van der Waals surface area contributed by atoms with Crippen LogP contribution in [-0.4, -0.2) is 66.2 Å². The van der Waals surface area contributed by atoms with Crippen LogP contribution in [0.5, 0.6) is 0 Å². The molecule has 0 radical (unpaired) electrons. The molecule has 2 aromatic heterocycles. The Bertz CT molecular complexity index is 1150. The smallest absolute Gasteiger partial charge is 0.340 e. The van der Waals surface area contributed by atoms with Gasteiger partial charge < -0.3 is 19.7 Å². The van der Waals surface area contributed by atoms with Crippen molar-refractivity contribution in [1.82, 2.24) is 19.4 Å². The predicted octanol–water partition coefficient (Wildman–Crippen LogP) is 1.14. The van der Waals surface area contributed by atoms with Crippen molar-refractivity contribution in [2.45, 2.75) is 11.5 Å². The largest absolute Gasteiger partial charge is 0.452 e. The molecule has 164 valence electrons. The van der Waals surface area contributed by atoms with E-state index in [-0.39, 0.29) is 36.1 Å². The van der Waals surface area contributed by atoms with E-state index in [2.05, 4.69) is 20.4 Å². The second kappa shape index (κ2) is 9.64. The highest BCUT2D eigenvalue weighted by molar-refractivity contribution is 7.89. The fourth-order valence-corrected chi connectivity index (χ4v) is 3.47. The second-order valence-electron chi connectivity index (χ2n) is 6.47. The minimum atomic E-state index is -3.76. The lowest BCUT2D eigenvalue weighted by atomic mass is 10.2. The fourth-order valence-electron chi connectivity index (χ4n) is 2.54. The van der Waals surface area contributed by atoms with Gasteiger partial charge in [0.2, 0.25) is 15.8 Å². The van der Waals surface area contributed by atoms with Gasteiger partial charge in [0, 0.05) is 44.3 Å². The maximum absolute atomic E-state index is 12.7. The first-order chi connectivity index (χ1) is 14.8. The third-order valence-corrected chi connectivity index (χ3v) is 5.94. The fraction of sp³-hybridized carbons (Fsp3) is 0.263. The van der Waals surface area contributed by atoms with Gasteiger partial charge in [-0.1, -0.05) is 5.16 Å². The molecule has 0 atom stereocenters. The minimum absolute atomic E-state index is 0.0108. The Morgan fingerprint density at radius 2 is 2.10 bits per heavy atom. The van der Waals surface area contributed by atoms with Gasteiger partial charge in [0.1, 0.15) is 0 Å². The van der Waals surface area contributed by atoms with Crippen LogP contribution >= 0.6 is 0 Å². The summed E-state index contributed by atoms with van der Waals surface area (Å²) >= 11 is 0. The van der Waals surface area contributed by atoms with E-state index in [1.165, 1.54) is 32.3 Å². The predicted molar refractivity (Wildman–Crippen MR) is 110 cm³/mol. The maximum atomic E-state index is 12.7. The van der Waals surface area contributed by atoms with Gasteiger partial charge in [-0.15, -0.1) is 0 Å². The first-order valence-corrected chi connectivity index (χ1v) is 10.6. The Kier molecular flexibility index (Phi) is 6.95. The number of rotatable bonds is 9. The maximum Gasteiger partial charge on any atom is 0.340 e. The minimum Gasteiger partial charge on any atom is -0.452 e. The zero-order valence-corrected chi connectivity index (χ0v) is 17.7. The summed E-state index contributed by atoms with van der Waals surface area (Å²) in [6.07, 6.45) is 3.18. The molecule has 0 aliphatic heterocycles. The quantitative estimate of drug-likeness (QED) is 0.458. The van der Waals surface area contributed by atoms with Crippen LogP contribution in [0.3, 0.4) is 0 Å². The van der Waals surface area contributed by atoms with Crippen LogP contribution in [0.15, 0.2) is 52.1 Å². The van der Waals surface area contributed by atoms with E-state index < -0.39 is 16.0 Å². The molecule has 0 bridgehead atoms. The Hall–Kier alpha value is -3.35. The summed E-state index contributed by atoms with van der Waals surface area (Å²) in [5.74, 6) is -0.435. The molecule has 0 fully saturated rings. The summed E-state index contributed by atoms with van der Waals surface area (Å²) in [6, 6.07) is 7.50. The molecule has 1 aromatic carbocycles. The van der Waals surface area contributed by atoms with Crippen molar-refractivity contribution in [1.29, 1.82) is 0 Å². The first-order valence-electron chi connectivity index (χ1n) is 9.14. The SMILES string of the molecule is CN(C)S(=O)(=O)c1ccc(NCCO)c(C(=O)OCc2nc(-c3cccnc3)no2)c1. The number of esters is 1. The number of hydrogen-bond donors (Lipinski definition) is 2. The van der Waals surface area contributed by atoms with Crippen molar-refractivity contribution < 1.29 is 27.6 Å². The molecule has 2 heterocycles. The molecular formula is C19H21N5O6S. The van der Waals surface area contributed by atoms with E-state index in [4.69, 9.17) is 14.4 Å².